The van der Waals surface area contributed by atoms with E-state index in [9.17, 15) is 40.5 Å². The number of rotatable bonds is 43. The number of allylic oxidation sites excluding steroid dienone is 16. The van der Waals surface area contributed by atoms with Crippen molar-refractivity contribution in [1.29, 1.82) is 0 Å². The molecule has 2 aliphatic rings. The number of aliphatic hydroxyl groups excluding tert-OH is 7. The zero-order chi connectivity index (χ0) is 53.0. The average molecular weight is 1030 g/mol. The molecule has 0 radical (unpaired) electrons. The molecule has 0 aromatic heterocycles. The summed E-state index contributed by atoms with van der Waals surface area (Å²) in [7, 11) is 0. The van der Waals surface area contributed by atoms with E-state index in [4.69, 9.17) is 28.4 Å². The van der Waals surface area contributed by atoms with Gasteiger partial charge in [-0.25, -0.2) is 0 Å². The van der Waals surface area contributed by atoms with Crippen molar-refractivity contribution in [2.45, 2.75) is 235 Å². The first-order chi connectivity index (χ1) is 35.6. The second-order valence-electron chi connectivity index (χ2n) is 19.0. The molecule has 0 aromatic carbocycles. The Bertz CT molecular complexity index is 1570. The van der Waals surface area contributed by atoms with Crippen molar-refractivity contribution in [2.24, 2.45) is 0 Å². The van der Waals surface area contributed by atoms with Gasteiger partial charge in [0.05, 0.1) is 26.4 Å². The van der Waals surface area contributed by atoms with Crippen molar-refractivity contribution in [3.8, 4) is 0 Å². The highest BCUT2D eigenvalue weighted by atomic mass is 16.7. The summed E-state index contributed by atoms with van der Waals surface area (Å²) in [6.45, 7) is 3.44. The van der Waals surface area contributed by atoms with Crippen molar-refractivity contribution in [1.82, 2.24) is 0 Å². The number of hydrogen-bond acceptors (Lipinski definition) is 14. The zero-order valence-electron chi connectivity index (χ0n) is 44.6. The largest absolute Gasteiger partial charge is 0.457 e. The number of unbranched alkanes of at least 4 members (excludes halogenated alkanes) is 13. The lowest BCUT2D eigenvalue weighted by molar-refractivity contribution is -0.332. The van der Waals surface area contributed by atoms with E-state index in [2.05, 4.69) is 105 Å². The fourth-order valence-corrected chi connectivity index (χ4v) is 8.09. The van der Waals surface area contributed by atoms with E-state index in [1.807, 2.05) is 6.08 Å². The number of ether oxygens (including phenoxy) is 6. The van der Waals surface area contributed by atoms with Crippen molar-refractivity contribution in [3.63, 3.8) is 0 Å². The van der Waals surface area contributed by atoms with Gasteiger partial charge in [0.2, 0.25) is 0 Å². The predicted molar refractivity (Wildman–Crippen MR) is 288 cm³/mol. The maximum atomic E-state index is 13.0. The average Bonchev–Trinajstić information content (AvgIpc) is 3.39. The number of carbonyl (C=O) groups excluding carboxylic acids is 1. The van der Waals surface area contributed by atoms with Gasteiger partial charge in [0.15, 0.2) is 12.6 Å². The molecule has 418 valence electrons. The van der Waals surface area contributed by atoms with Crippen LogP contribution in [0, 0.1) is 0 Å². The molecule has 0 saturated carbocycles. The molecule has 11 atom stereocenters. The van der Waals surface area contributed by atoms with Crippen molar-refractivity contribution in [3.05, 3.63) is 97.2 Å². The van der Waals surface area contributed by atoms with Crippen LogP contribution in [0.1, 0.15) is 168 Å². The standard InChI is InChI=1S/C59H98O14/c1-3-5-7-9-11-13-15-17-19-21-22-23-24-25-27-29-31-33-35-37-39-41-43-68-45-48(71-51(61)42-40-38-36-34-32-30-28-26-20-18-16-14-12-10-8-6-4-2)46-69-58-57(67)55(65)53(63)50(73-58)47-70-59-56(66)54(64)52(62)49(44-60)72-59/h6,8,12,14-15,17-18,20-22,24-25,28,30,34,36,48-50,52-60,62-67H,3-5,7,9-11,13,16,19,23,26-27,29,31-33,35,37-47H2,1-2H3/b8-6-,14-12-,17-15-,20-18-,22-21-,25-24-,30-28-,36-34-. The maximum Gasteiger partial charge on any atom is 0.306 e. The molecule has 73 heavy (non-hydrogen) atoms. The van der Waals surface area contributed by atoms with E-state index in [0.29, 0.717) is 19.4 Å². The van der Waals surface area contributed by atoms with E-state index in [-0.39, 0.29) is 19.6 Å². The first-order valence-electron chi connectivity index (χ1n) is 27.8. The first-order valence-corrected chi connectivity index (χ1v) is 27.8. The van der Waals surface area contributed by atoms with Crippen LogP contribution in [0.25, 0.3) is 0 Å². The van der Waals surface area contributed by atoms with Gasteiger partial charge in [-0.3, -0.25) is 4.79 Å². The lowest BCUT2D eigenvalue weighted by Gasteiger charge is -2.42. The van der Waals surface area contributed by atoms with Gasteiger partial charge in [-0.05, 0) is 89.9 Å². The van der Waals surface area contributed by atoms with Gasteiger partial charge in [-0.1, -0.05) is 169 Å². The van der Waals surface area contributed by atoms with Crippen LogP contribution in [0.3, 0.4) is 0 Å². The Morgan fingerprint density at radius 2 is 0.890 bits per heavy atom. The fourth-order valence-electron chi connectivity index (χ4n) is 8.09. The molecular formula is C59H98O14. The molecule has 11 unspecified atom stereocenters. The van der Waals surface area contributed by atoms with E-state index >= 15 is 0 Å². The van der Waals surface area contributed by atoms with Gasteiger partial charge in [0.1, 0.15) is 54.9 Å². The molecule has 7 N–H and O–H groups in total. The van der Waals surface area contributed by atoms with Crippen LogP contribution < -0.4 is 0 Å². The topological polar surface area (TPSA) is 214 Å². The van der Waals surface area contributed by atoms with E-state index in [1.54, 1.807) is 0 Å². The lowest BCUT2D eigenvalue weighted by Crippen LogP contribution is -2.61. The van der Waals surface area contributed by atoms with Crippen molar-refractivity contribution in [2.75, 3.05) is 33.0 Å². The number of carbonyl (C=O) groups is 1. The van der Waals surface area contributed by atoms with Gasteiger partial charge >= 0.3 is 5.97 Å². The molecule has 2 saturated heterocycles. The van der Waals surface area contributed by atoms with Crippen molar-refractivity contribution >= 4 is 5.97 Å². The first kappa shape index (κ1) is 66.0. The number of aliphatic hydroxyl groups is 7. The lowest BCUT2D eigenvalue weighted by atomic mass is 9.98. The van der Waals surface area contributed by atoms with Crippen LogP contribution in [0.5, 0.6) is 0 Å². The van der Waals surface area contributed by atoms with Gasteiger partial charge in [0.25, 0.3) is 0 Å². The summed E-state index contributed by atoms with van der Waals surface area (Å²) in [6.07, 6.45) is 43.3. The summed E-state index contributed by atoms with van der Waals surface area (Å²) in [4.78, 5) is 13.0. The summed E-state index contributed by atoms with van der Waals surface area (Å²) in [5, 5.41) is 72.3. The molecule has 2 rings (SSSR count). The Morgan fingerprint density at radius 1 is 0.466 bits per heavy atom. The Kier molecular flexibility index (Phi) is 40.8. The Hall–Kier alpha value is -3.09. The molecule has 0 spiro atoms. The van der Waals surface area contributed by atoms with Crippen LogP contribution in [-0.4, -0.2) is 142 Å². The van der Waals surface area contributed by atoms with E-state index < -0.39 is 86.7 Å². The Balaban J connectivity index is 1.77. The Morgan fingerprint density at radius 3 is 1.40 bits per heavy atom. The van der Waals surface area contributed by atoms with Gasteiger partial charge < -0.3 is 64.2 Å². The second-order valence-corrected chi connectivity index (χ2v) is 19.0. The quantitative estimate of drug-likeness (QED) is 0.0172. The molecular weight excluding hydrogens is 933 g/mol. The van der Waals surface area contributed by atoms with Crippen LogP contribution in [0.4, 0.5) is 0 Å². The predicted octanol–water partition coefficient (Wildman–Crippen LogP) is 9.41. The van der Waals surface area contributed by atoms with Crippen LogP contribution in [0.15, 0.2) is 97.2 Å². The van der Waals surface area contributed by atoms with Gasteiger partial charge in [-0.2, -0.15) is 0 Å². The maximum absolute atomic E-state index is 13.0. The summed E-state index contributed by atoms with van der Waals surface area (Å²) >= 11 is 0. The molecule has 2 aliphatic heterocycles. The molecule has 2 fully saturated rings. The monoisotopic (exact) mass is 1030 g/mol. The van der Waals surface area contributed by atoms with E-state index in [0.717, 1.165) is 77.0 Å². The highest BCUT2D eigenvalue weighted by Crippen LogP contribution is 2.26. The highest BCUT2D eigenvalue weighted by molar-refractivity contribution is 5.69. The molecule has 14 heteroatoms. The summed E-state index contributed by atoms with van der Waals surface area (Å²) in [5.74, 6) is -0.440. The summed E-state index contributed by atoms with van der Waals surface area (Å²) < 4.78 is 34.3. The third kappa shape index (κ3) is 32.2. The van der Waals surface area contributed by atoms with Crippen molar-refractivity contribution < 1.29 is 69.0 Å². The minimum absolute atomic E-state index is 0.0256. The molecule has 0 amide bonds. The van der Waals surface area contributed by atoms with Gasteiger partial charge in [-0.15, -0.1) is 0 Å². The molecule has 0 bridgehead atoms. The molecule has 0 aromatic rings. The van der Waals surface area contributed by atoms with Crippen LogP contribution in [-0.2, 0) is 33.2 Å². The Labute approximate surface area is 439 Å². The summed E-state index contributed by atoms with van der Waals surface area (Å²) in [6, 6.07) is 0. The third-order valence-electron chi connectivity index (χ3n) is 12.6. The SMILES string of the molecule is CC/C=C\C/C=C\C/C=C\C/C=C\C/C=C\CCCC(=O)OC(COCCCCCCCCC/C=C\C/C=C\C/C=C\CCCCCCC)COC1OC(COC2OC(CO)C(O)C(O)C2O)C(O)C(O)C1O. The zero-order valence-corrected chi connectivity index (χ0v) is 44.6. The molecule has 14 nitrogen and oxygen atoms in total. The molecule has 0 aliphatic carbocycles. The smallest absolute Gasteiger partial charge is 0.306 e. The van der Waals surface area contributed by atoms with E-state index in [1.165, 1.54) is 57.8 Å². The van der Waals surface area contributed by atoms with Crippen LogP contribution >= 0.6 is 0 Å². The third-order valence-corrected chi connectivity index (χ3v) is 12.6. The minimum Gasteiger partial charge on any atom is -0.457 e. The molecule has 2 heterocycles. The fraction of sp³-hybridized carbons (Fsp3) is 0.712. The number of esters is 1. The highest BCUT2D eigenvalue weighted by Gasteiger charge is 2.47. The minimum atomic E-state index is -1.73. The normalized spacial score (nSPS) is 25.7. The summed E-state index contributed by atoms with van der Waals surface area (Å²) in [5.41, 5.74) is 0. The van der Waals surface area contributed by atoms with Gasteiger partial charge in [0, 0.05) is 13.0 Å². The van der Waals surface area contributed by atoms with Crippen LogP contribution in [0.2, 0.25) is 0 Å². The number of hydrogen-bond donors (Lipinski definition) is 7. The second kappa shape index (κ2) is 45.1.